The minimum Gasteiger partial charge on any atom is -0.465 e. The molecule has 2 nitrogen and oxygen atoms in total. The normalized spacial score (nSPS) is 24.7. The Labute approximate surface area is 117 Å². The Bertz CT molecular complexity index is 292. The summed E-state index contributed by atoms with van der Waals surface area (Å²) in [6.45, 7) is 2.48. The summed E-state index contributed by atoms with van der Waals surface area (Å²) in [6, 6.07) is 0. The van der Waals surface area contributed by atoms with E-state index in [1.807, 2.05) is 13.0 Å². The molecule has 1 rings (SSSR count). The fraction of sp³-hybridized carbons (Fsp3) is 0.706. The number of ether oxygens (including phenoxy) is 1. The number of rotatable bonds is 0. The van der Waals surface area contributed by atoms with Crippen molar-refractivity contribution in [2.75, 3.05) is 6.61 Å². The molecule has 0 amide bonds. The molecule has 1 heterocycles. The number of cyclic esters (lactones) is 1. The first-order chi connectivity index (χ1) is 9.30. The molecule has 1 unspecified atom stereocenters. The van der Waals surface area contributed by atoms with Gasteiger partial charge in [-0.1, -0.05) is 30.7 Å². The van der Waals surface area contributed by atoms with Crippen LogP contribution in [0.25, 0.3) is 0 Å². The van der Waals surface area contributed by atoms with Gasteiger partial charge in [0.25, 0.3) is 0 Å². The lowest BCUT2D eigenvalue weighted by molar-refractivity contribution is -0.146. The Kier molecular flexibility index (Phi) is 9.13. The number of carbonyl (C=O) groups is 1. The Morgan fingerprint density at radius 3 is 2.16 bits per heavy atom. The molecule has 0 aliphatic carbocycles. The Morgan fingerprint density at radius 1 is 0.895 bits per heavy atom. The van der Waals surface area contributed by atoms with Gasteiger partial charge in [0, 0.05) is 0 Å². The van der Waals surface area contributed by atoms with E-state index in [-0.39, 0.29) is 11.9 Å². The first-order valence-electron chi connectivity index (χ1n) is 7.79. The van der Waals surface area contributed by atoms with Crippen LogP contribution in [0.15, 0.2) is 24.3 Å². The van der Waals surface area contributed by atoms with Crippen molar-refractivity contribution in [2.45, 2.75) is 64.7 Å². The standard InChI is InChI=1S/C17H28O2/c1-16-14-12-10-8-6-4-2-3-5-7-9-11-13-15-19-17(16)18/h3,5,12,14,16H,2,4,6-11,13,15H2,1H3. The molecule has 0 aromatic rings. The third kappa shape index (κ3) is 8.63. The van der Waals surface area contributed by atoms with Gasteiger partial charge in [0.1, 0.15) is 0 Å². The molecule has 1 aliphatic heterocycles. The summed E-state index contributed by atoms with van der Waals surface area (Å²) < 4.78 is 5.27. The van der Waals surface area contributed by atoms with E-state index < -0.39 is 0 Å². The maximum Gasteiger partial charge on any atom is 0.312 e. The molecule has 1 atom stereocenters. The van der Waals surface area contributed by atoms with E-state index >= 15 is 0 Å². The van der Waals surface area contributed by atoms with Crippen molar-refractivity contribution in [3.63, 3.8) is 0 Å². The molecule has 1 aliphatic rings. The van der Waals surface area contributed by atoms with Gasteiger partial charge in [-0.3, -0.25) is 4.79 Å². The van der Waals surface area contributed by atoms with E-state index in [9.17, 15) is 4.79 Å². The van der Waals surface area contributed by atoms with Crippen LogP contribution in [0.3, 0.4) is 0 Å². The number of allylic oxidation sites excluding steroid dienone is 3. The van der Waals surface area contributed by atoms with Crippen molar-refractivity contribution in [3.8, 4) is 0 Å². The SMILES string of the molecule is CC1C=CCCCCCC=CCCCCCOC1=O. The minimum absolute atomic E-state index is 0.0829. The highest BCUT2D eigenvalue weighted by molar-refractivity contribution is 5.73. The Hall–Kier alpha value is -1.05. The second-order valence-corrected chi connectivity index (χ2v) is 5.34. The van der Waals surface area contributed by atoms with E-state index in [4.69, 9.17) is 4.74 Å². The lowest BCUT2D eigenvalue weighted by atomic mass is 10.1. The van der Waals surface area contributed by atoms with Crippen molar-refractivity contribution < 1.29 is 9.53 Å². The fourth-order valence-corrected chi connectivity index (χ4v) is 2.16. The van der Waals surface area contributed by atoms with Gasteiger partial charge in [0.15, 0.2) is 0 Å². The number of carbonyl (C=O) groups excluding carboxylic acids is 1. The molecular formula is C17H28O2. The lowest BCUT2D eigenvalue weighted by Gasteiger charge is -2.07. The van der Waals surface area contributed by atoms with Gasteiger partial charge in [-0.05, 0) is 58.3 Å². The molecule has 0 saturated carbocycles. The topological polar surface area (TPSA) is 26.3 Å². The monoisotopic (exact) mass is 264 g/mol. The minimum atomic E-state index is -0.0997. The smallest absolute Gasteiger partial charge is 0.312 e. The van der Waals surface area contributed by atoms with E-state index in [0.29, 0.717) is 6.61 Å². The molecule has 0 bridgehead atoms. The third-order valence-electron chi connectivity index (χ3n) is 3.46. The highest BCUT2D eigenvalue weighted by Crippen LogP contribution is 2.09. The van der Waals surface area contributed by atoms with Crippen LogP contribution in [-0.4, -0.2) is 12.6 Å². The average Bonchev–Trinajstić information content (AvgIpc) is 2.41. The van der Waals surface area contributed by atoms with Crippen LogP contribution in [-0.2, 0) is 9.53 Å². The molecule has 0 N–H and O–H groups in total. The van der Waals surface area contributed by atoms with Crippen LogP contribution in [0.5, 0.6) is 0 Å². The predicted octanol–water partition coefficient (Wildman–Crippen LogP) is 4.80. The van der Waals surface area contributed by atoms with Crippen molar-refractivity contribution in [3.05, 3.63) is 24.3 Å². The third-order valence-corrected chi connectivity index (χ3v) is 3.46. The van der Waals surface area contributed by atoms with Crippen LogP contribution < -0.4 is 0 Å². The van der Waals surface area contributed by atoms with Gasteiger partial charge in [0.05, 0.1) is 12.5 Å². The van der Waals surface area contributed by atoms with Crippen molar-refractivity contribution >= 4 is 5.97 Å². The average molecular weight is 264 g/mol. The quantitative estimate of drug-likeness (QED) is 0.464. The van der Waals surface area contributed by atoms with Crippen molar-refractivity contribution in [2.24, 2.45) is 5.92 Å². The summed E-state index contributed by atoms with van der Waals surface area (Å²) in [7, 11) is 0. The Morgan fingerprint density at radius 2 is 1.47 bits per heavy atom. The second kappa shape index (κ2) is 10.8. The van der Waals surface area contributed by atoms with Crippen LogP contribution in [0.2, 0.25) is 0 Å². The maximum absolute atomic E-state index is 11.7. The van der Waals surface area contributed by atoms with Crippen LogP contribution in [0.1, 0.15) is 64.7 Å². The molecule has 0 fully saturated rings. The molecule has 0 aromatic heterocycles. The van der Waals surface area contributed by atoms with E-state index in [0.717, 1.165) is 25.7 Å². The van der Waals surface area contributed by atoms with Gasteiger partial charge < -0.3 is 4.74 Å². The summed E-state index contributed by atoms with van der Waals surface area (Å²) in [5.41, 5.74) is 0. The van der Waals surface area contributed by atoms with Crippen LogP contribution in [0, 0.1) is 5.92 Å². The Balaban J connectivity index is 2.34. The zero-order valence-corrected chi connectivity index (χ0v) is 12.3. The van der Waals surface area contributed by atoms with E-state index in [2.05, 4.69) is 18.2 Å². The summed E-state index contributed by atoms with van der Waals surface area (Å²) in [5, 5.41) is 0. The zero-order chi connectivity index (χ0) is 13.8. The van der Waals surface area contributed by atoms with E-state index in [1.54, 1.807) is 0 Å². The van der Waals surface area contributed by atoms with Gasteiger partial charge in [-0.2, -0.15) is 0 Å². The van der Waals surface area contributed by atoms with Crippen molar-refractivity contribution in [1.29, 1.82) is 0 Å². The summed E-state index contributed by atoms with van der Waals surface area (Å²) in [5.74, 6) is -0.183. The molecule has 19 heavy (non-hydrogen) atoms. The maximum atomic E-state index is 11.7. The number of hydrogen-bond acceptors (Lipinski definition) is 2. The fourth-order valence-electron chi connectivity index (χ4n) is 2.16. The number of hydrogen-bond donors (Lipinski definition) is 0. The second-order valence-electron chi connectivity index (χ2n) is 5.34. The molecule has 108 valence electrons. The lowest BCUT2D eigenvalue weighted by Crippen LogP contribution is -2.13. The molecule has 0 aromatic carbocycles. The molecule has 2 heteroatoms. The first kappa shape index (κ1) is 16.0. The molecule has 0 saturated heterocycles. The van der Waals surface area contributed by atoms with Crippen molar-refractivity contribution in [1.82, 2.24) is 0 Å². The first-order valence-corrected chi connectivity index (χ1v) is 7.79. The molecular weight excluding hydrogens is 236 g/mol. The largest absolute Gasteiger partial charge is 0.465 e. The molecule has 0 spiro atoms. The summed E-state index contributed by atoms with van der Waals surface area (Å²) >= 11 is 0. The number of esters is 1. The predicted molar refractivity (Wildman–Crippen MR) is 80.0 cm³/mol. The van der Waals surface area contributed by atoms with Crippen LogP contribution in [0.4, 0.5) is 0 Å². The zero-order valence-electron chi connectivity index (χ0n) is 12.3. The summed E-state index contributed by atoms with van der Waals surface area (Å²) in [6.07, 6.45) is 19.3. The van der Waals surface area contributed by atoms with Gasteiger partial charge in [0.2, 0.25) is 0 Å². The van der Waals surface area contributed by atoms with Gasteiger partial charge in [-0.15, -0.1) is 0 Å². The van der Waals surface area contributed by atoms with Gasteiger partial charge in [-0.25, -0.2) is 0 Å². The summed E-state index contributed by atoms with van der Waals surface area (Å²) in [4.78, 5) is 11.7. The van der Waals surface area contributed by atoms with Crippen LogP contribution >= 0.6 is 0 Å². The highest BCUT2D eigenvalue weighted by atomic mass is 16.5. The highest BCUT2D eigenvalue weighted by Gasteiger charge is 2.10. The molecule has 0 radical (unpaired) electrons. The van der Waals surface area contributed by atoms with Gasteiger partial charge >= 0.3 is 5.97 Å². The van der Waals surface area contributed by atoms with E-state index in [1.165, 1.54) is 32.1 Å².